The maximum atomic E-state index is 14.5. The molecule has 3 heteroatoms. The third kappa shape index (κ3) is 4.51. The molecule has 3 nitrogen and oxygen atoms in total. The minimum absolute atomic E-state index is 0.194. The second kappa shape index (κ2) is 10.6. The van der Waals surface area contributed by atoms with E-state index in [4.69, 9.17) is 0 Å². The summed E-state index contributed by atoms with van der Waals surface area (Å²) in [6.45, 7) is 0. The van der Waals surface area contributed by atoms with Gasteiger partial charge in [-0.3, -0.25) is 9.59 Å². The molecular formula is C36H25NO2. The van der Waals surface area contributed by atoms with Crippen LogP contribution in [0.1, 0.15) is 31.8 Å². The van der Waals surface area contributed by atoms with E-state index in [1.165, 1.54) is 0 Å². The summed E-state index contributed by atoms with van der Waals surface area (Å²) in [5.74, 6) is -0.388. The summed E-state index contributed by atoms with van der Waals surface area (Å²) in [5.41, 5.74) is 5.79. The zero-order chi connectivity index (χ0) is 26.6. The largest absolute Gasteiger partial charge is 0.308 e. The van der Waals surface area contributed by atoms with Crippen molar-refractivity contribution in [2.45, 2.75) is 0 Å². The molecule has 0 bridgehead atoms. The van der Waals surface area contributed by atoms with Crippen molar-refractivity contribution in [3.8, 4) is 28.2 Å². The average molecular weight is 504 g/mol. The van der Waals surface area contributed by atoms with Gasteiger partial charge in [0.1, 0.15) is 0 Å². The lowest BCUT2D eigenvalue weighted by Crippen LogP contribution is -2.11. The van der Waals surface area contributed by atoms with Crippen molar-refractivity contribution in [1.29, 1.82) is 0 Å². The lowest BCUT2D eigenvalue weighted by molar-refractivity contribution is 0.100. The molecule has 0 fully saturated rings. The molecule has 0 aliphatic rings. The Morgan fingerprint density at radius 2 is 0.692 bits per heavy atom. The van der Waals surface area contributed by atoms with Crippen LogP contribution in [0.4, 0.5) is 0 Å². The summed E-state index contributed by atoms with van der Waals surface area (Å²) in [6, 6.07) is 47.9. The van der Waals surface area contributed by atoms with Crippen LogP contribution in [0.25, 0.3) is 28.2 Å². The SMILES string of the molecule is O=C(c1ccccc1)c1c(C(=O)c2ccccc2)c(-c2ccccc2)n(-c2ccccc2)c1-c1ccccc1. The van der Waals surface area contributed by atoms with Crippen LogP contribution in [-0.2, 0) is 0 Å². The number of rotatable bonds is 7. The summed E-state index contributed by atoms with van der Waals surface area (Å²) in [6.07, 6.45) is 0. The second-order valence-electron chi connectivity index (χ2n) is 9.24. The molecule has 0 radical (unpaired) electrons. The van der Waals surface area contributed by atoms with Crippen molar-refractivity contribution in [3.05, 3.63) is 174 Å². The van der Waals surface area contributed by atoms with Crippen LogP contribution in [0.15, 0.2) is 152 Å². The average Bonchev–Trinajstić information content (AvgIpc) is 3.38. The van der Waals surface area contributed by atoms with Gasteiger partial charge in [-0.15, -0.1) is 0 Å². The predicted molar refractivity (Wildman–Crippen MR) is 156 cm³/mol. The molecule has 0 N–H and O–H groups in total. The van der Waals surface area contributed by atoms with Crippen LogP contribution in [0, 0.1) is 0 Å². The lowest BCUT2D eigenvalue weighted by Gasteiger charge is -2.15. The number of carbonyl (C=O) groups excluding carboxylic acids is 2. The van der Waals surface area contributed by atoms with E-state index in [-0.39, 0.29) is 11.6 Å². The van der Waals surface area contributed by atoms with E-state index in [0.717, 1.165) is 16.8 Å². The number of hydrogen-bond donors (Lipinski definition) is 0. The highest BCUT2D eigenvalue weighted by Crippen LogP contribution is 2.42. The summed E-state index contributed by atoms with van der Waals surface area (Å²) < 4.78 is 2.07. The fourth-order valence-electron chi connectivity index (χ4n) is 5.06. The number of aromatic nitrogens is 1. The van der Waals surface area contributed by atoms with E-state index in [1.54, 1.807) is 24.3 Å². The van der Waals surface area contributed by atoms with Gasteiger partial charge < -0.3 is 4.57 Å². The summed E-state index contributed by atoms with van der Waals surface area (Å²) in [5, 5.41) is 0. The Morgan fingerprint density at radius 1 is 0.385 bits per heavy atom. The van der Waals surface area contributed by atoms with Gasteiger partial charge in [0.2, 0.25) is 0 Å². The molecule has 0 saturated carbocycles. The van der Waals surface area contributed by atoms with Crippen LogP contribution in [-0.4, -0.2) is 16.1 Å². The van der Waals surface area contributed by atoms with E-state index in [9.17, 15) is 9.59 Å². The van der Waals surface area contributed by atoms with Crippen LogP contribution in [0.2, 0.25) is 0 Å². The fourth-order valence-corrected chi connectivity index (χ4v) is 5.06. The van der Waals surface area contributed by atoms with Crippen molar-refractivity contribution in [2.24, 2.45) is 0 Å². The highest BCUT2D eigenvalue weighted by atomic mass is 16.1. The number of nitrogens with zero attached hydrogens (tertiary/aromatic N) is 1. The Morgan fingerprint density at radius 3 is 1.05 bits per heavy atom. The molecule has 5 aromatic carbocycles. The minimum Gasteiger partial charge on any atom is -0.308 e. The van der Waals surface area contributed by atoms with Crippen LogP contribution in [0.3, 0.4) is 0 Å². The van der Waals surface area contributed by atoms with Gasteiger partial charge in [-0.05, 0) is 23.3 Å². The van der Waals surface area contributed by atoms with E-state index < -0.39 is 0 Å². The van der Waals surface area contributed by atoms with Gasteiger partial charge in [0.25, 0.3) is 0 Å². The van der Waals surface area contributed by atoms with E-state index in [1.807, 2.05) is 127 Å². The monoisotopic (exact) mass is 503 g/mol. The first-order valence-electron chi connectivity index (χ1n) is 12.9. The van der Waals surface area contributed by atoms with Crippen LogP contribution >= 0.6 is 0 Å². The molecule has 0 atom stereocenters. The maximum absolute atomic E-state index is 14.5. The third-order valence-electron chi connectivity index (χ3n) is 6.81. The third-order valence-corrected chi connectivity index (χ3v) is 6.81. The zero-order valence-corrected chi connectivity index (χ0v) is 21.2. The van der Waals surface area contributed by atoms with Gasteiger partial charge in [-0.1, -0.05) is 140 Å². The first kappa shape index (κ1) is 24.1. The Balaban J connectivity index is 1.81. The first-order valence-corrected chi connectivity index (χ1v) is 12.9. The van der Waals surface area contributed by atoms with E-state index >= 15 is 0 Å². The van der Waals surface area contributed by atoms with Gasteiger partial charge in [0, 0.05) is 16.8 Å². The van der Waals surface area contributed by atoms with Crippen LogP contribution < -0.4 is 0 Å². The molecule has 39 heavy (non-hydrogen) atoms. The number of hydrogen-bond acceptors (Lipinski definition) is 2. The minimum atomic E-state index is -0.194. The van der Waals surface area contributed by atoms with Crippen LogP contribution in [0.5, 0.6) is 0 Å². The Bertz CT molecular complexity index is 1630. The molecule has 0 aliphatic carbocycles. The quantitative estimate of drug-likeness (QED) is 0.206. The normalized spacial score (nSPS) is 10.8. The summed E-state index contributed by atoms with van der Waals surface area (Å²) >= 11 is 0. The highest BCUT2D eigenvalue weighted by Gasteiger charge is 2.33. The van der Waals surface area contributed by atoms with Crippen molar-refractivity contribution in [1.82, 2.24) is 4.57 Å². The molecule has 6 rings (SSSR count). The van der Waals surface area contributed by atoms with Crippen molar-refractivity contribution < 1.29 is 9.59 Å². The Hall–Kier alpha value is -5.28. The van der Waals surface area contributed by atoms with E-state index in [2.05, 4.69) is 4.57 Å². The lowest BCUT2D eigenvalue weighted by atomic mass is 9.90. The second-order valence-corrected chi connectivity index (χ2v) is 9.24. The summed E-state index contributed by atoms with van der Waals surface area (Å²) in [4.78, 5) is 28.9. The molecule has 0 amide bonds. The maximum Gasteiger partial charge on any atom is 0.195 e. The van der Waals surface area contributed by atoms with Crippen molar-refractivity contribution in [3.63, 3.8) is 0 Å². The van der Waals surface area contributed by atoms with Gasteiger partial charge in [0.15, 0.2) is 11.6 Å². The Labute approximate surface area is 227 Å². The molecule has 0 unspecified atom stereocenters. The van der Waals surface area contributed by atoms with Gasteiger partial charge in [0.05, 0.1) is 22.5 Å². The molecule has 0 spiro atoms. The van der Waals surface area contributed by atoms with Crippen molar-refractivity contribution >= 4 is 11.6 Å². The number of carbonyl (C=O) groups is 2. The summed E-state index contributed by atoms with van der Waals surface area (Å²) in [7, 11) is 0. The molecular weight excluding hydrogens is 478 g/mol. The first-order chi connectivity index (χ1) is 19.2. The number of ketones is 2. The molecule has 0 aliphatic heterocycles. The molecule has 6 aromatic rings. The molecule has 1 aromatic heterocycles. The topological polar surface area (TPSA) is 39.1 Å². The molecule has 0 saturated heterocycles. The van der Waals surface area contributed by atoms with E-state index in [0.29, 0.717) is 33.6 Å². The molecule has 1 heterocycles. The number of para-hydroxylation sites is 1. The van der Waals surface area contributed by atoms with Crippen molar-refractivity contribution in [2.75, 3.05) is 0 Å². The fraction of sp³-hybridized carbons (Fsp3) is 0. The molecule has 186 valence electrons. The smallest absolute Gasteiger partial charge is 0.195 e. The van der Waals surface area contributed by atoms with Gasteiger partial charge in [-0.2, -0.15) is 0 Å². The highest BCUT2D eigenvalue weighted by molar-refractivity contribution is 6.25. The standard InChI is InChI=1S/C36H25NO2/c38-35(28-20-10-3-11-21-28)31-32(36(39)29-22-12-4-13-23-29)34(27-18-8-2-9-19-27)37(30-24-14-5-15-25-30)33(31)26-16-6-1-7-17-26/h1-25H. The predicted octanol–water partition coefficient (Wildman–Crippen LogP) is 8.27. The zero-order valence-electron chi connectivity index (χ0n) is 21.2. The van der Waals surface area contributed by atoms with Gasteiger partial charge >= 0.3 is 0 Å². The Kier molecular flexibility index (Phi) is 6.55. The van der Waals surface area contributed by atoms with Gasteiger partial charge in [-0.25, -0.2) is 0 Å². The number of benzene rings is 5.